The molecule has 0 radical (unpaired) electrons. The summed E-state index contributed by atoms with van der Waals surface area (Å²) < 4.78 is 13.6. The zero-order valence-corrected chi connectivity index (χ0v) is 22.1. The number of piperidine rings is 1. The number of benzene rings is 3. The van der Waals surface area contributed by atoms with Crippen LogP contribution in [0.1, 0.15) is 44.1 Å². The minimum absolute atomic E-state index is 0.0281. The molecule has 40 heavy (non-hydrogen) atoms. The SMILES string of the molecule is O=C(Nc1ccccc1[N+](=O)[O-])[C@@H]1CCCN1C(=O)NC1C[C@H]2CC[C@@H](C1)N2Cc1ccc2cc(F)ccc2c1. The van der Waals surface area contributed by atoms with Crippen LogP contribution in [0.15, 0.2) is 60.7 Å². The summed E-state index contributed by atoms with van der Waals surface area (Å²) in [4.78, 5) is 41.2. The highest BCUT2D eigenvalue weighted by Gasteiger charge is 2.42. The molecular weight excluding hydrogens is 513 g/mol. The van der Waals surface area contributed by atoms with Gasteiger partial charge in [-0.3, -0.25) is 19.8 Å². The standard InChI is InChI=1S/C30H32FN5O4/c31-22-10-9-20-14-19(7-8-21(20)15-22)18-35-24-11-12-25(35)17-23(16-24)32-30(38)34-13-3-6-28(34)29(37)33-26-4-1-2-5-27(26)36(39)40/h1-2,4-5,7-10,14-15,23-25,28H,3,6,11-13,16-18H2,(H,32,38)(H,33,37)/t23?,24-,25+,28-/m0/s1. The topological polar surface area (TPSA) is 108 Å². The van der Waals surface area contributed by atoms with Crippen LogP contribution in [-0.4, -0.2) is 57.4 Å². The van der Waals surface area contributed by atoms with Gasteiger partial charge in [-0.25, -0.2) is 9.18 Å². The second-order valence-electron chi connectivity index (χ2n) is 11.1. The molecule has 3 fully saturated rings. The number of halogens is 1. The minimum Gasteiger partial charge on any atom is -0.335 e. The maximum absolute atomic E-state index is 13.6. The van der Waals surface area contributed by atoms with Gasteiger partial charge in [0.15, 0.2) is 0 Å². The van der Waals surface area contributed by atoms with Crippen molar-refractivity contribution in [2.45, 2.75) is 69.2 Å². The van der Waals surface area contributed by atoms with Crippen LogP contribution >= 0.6 is 0 Å². The van der Waals surface area contributed by atoms with Gasteiger partial charge in [-0.15, -0.1) is 0 Å². The molecular formula is C30H32FN5O4. The van der Waals surface area contributed by atoms with E-state index in [1.54, 1.807) is 23.1 Å². The highest BCUT2D eigenvalue weighted by Crippen LogP contribution is 2.37. The Bertz CT molecular complexity index is 1450. The number of nitrogens with zero attached hydrogens (tertiary/aromatic N) is 3. The third-order valence-corrected chi connectivity index (χ3v) is 8.62. The second-order valence-corrected chi connectivity index (χ2v) is 11.1. The Morgan fingerprint density at radius 2 is 1.70 bits per heavy atom. The Kier molecular flexibility index (Phi) is 7.10. The summed E-state index contributed by atoms with van der Waals surface area (Å²) in [5, 5.41) is 19.1. The summed E-state index contributed by atoms with van der Waals surface area (Å²) in [6.45, 7) is 1.29. The summed E-state index contributed by atoms with van der Waals surface area (Å²) >= 11 is 0. The van der Waals surface area contributed by atoms with Crippen molar-refractivity contribution in [1.29, 1.82) is 0 Å². The zero-order valence-electron chi connectivity index (χ0n) is 22.1. The Labute approximate surface area is 231 Å². The Balaban J connectivity index is 1.07. The van der Waals surface area contributed by atoms with Gasteiger partial charge in [0.2, 0.25) is 5.91 Å². The Morgan fingerprint density at radius 3 is 2.48 bits per heavy atom. The van der Waals surface area contributed by atoms with Crippen LogP contribution < -0.4 is 10.6 Å². The fourth-order valence-corrected chi connectivity index (χ4v) is 6.72. The molecule has 0 saturated carbocycles. The number of fused-ring (bicyclic) bond motifs is 3. The van der Waals surface area contributed by atoms with Gasteiger partial charge >= 0.3 is 6.03 Å². The van der Waals surface area contributed by atoms with E-state index in [9.17, 15) is 24.1 Å². The van der Waals surface area contributed by atoms with E-state index < -0.39 is 16.9 Å². The normalized spacial score (nSPS) is 24.3. The van der Waals surface area contributed by atoms with Crippen LogP contribution in [-0.2, 0) is 11.3 Å². The van der Waals surface area contributed by atoms with Crippen molar-refractivity contribution in [3.63, 3.8) is 0 Å². The molecule has 6 rings (SSSR count). The molecule has 3 amide bonds. The first-order chi connectivity index (χ1) is 19.4. The molecule has 10 heteroatoms. The average molecular weight is 546 g/mol. The van der Waals surface area contributed by atoms with Gasteiger partial charge in [-0.1, -0.05) is 30.3 Å². The molecule has 0 aromatic heterocycles. The lowest BCUT2D eigenvalue weighted by Gasteiger charge is -2.40. The summed E-state index contributed by atoms with van der Waals surface area (Å²) in [5.74, 6) is -0.640. The van der Waals surface area contributed by atoms with Gasteiger partial charge in [0.25, 0.3) is 5.69 Å². The lowest BCUT2D eigenvalue weighted by atomic mass is 9.96. The van der Waals surface area contributed by atoms with E-state index in [2.05, 4.69) is 27.7 Å². The number of carbonyl (C=O) groups excluding carboxylic acids is 2. The van der Waals surface area contributed by atoms with Crippen molar-refractivity contribution < 1.29 is 18.9 Å². The van der Waals surface area contributed by atoms with Crippen molar-refractivity contribution in [2.75, 3.05) is 11.9 Å². The number of hydrogen-bond acceptors (Lipinski definition) is 5. The fourth-order valence-electron chi connectivity index (χ4n) is 6.72. The summed E-state index contributed by atoms with van der Waals surface area (Å²) in [6.07, 6.45) is 5.08. The van der Waals surface area contributed by atoms with E-state index in [0.717, 1.165) is 43.0 Å². The monoisotopic (exact) mass is 545 g/mol. The predicted octanol–water partition coefficient (Wildman–Crippen LogP) is 5.20. The molecule has 9 nitrogen and oxygen atoms in total. The molecule has 3 aliphatic rings. The second kappa shape index (κ2) is 10.8. The van der Waals surface area contributed by atoms with Gasteiger partial charge < -0.3 is 15.5 Å². The number of nitro groups is 1. The molecule has 2 N–H and O–H groups in total. The van der Waals surface area contributed by atoms with Crippen LogP contribution in [0, 0.1) is 15.9 Å². The molecule has 3 aromatic rings. The Hall–Kier alpha value is -4.05. The third-order valence-electron chi connectivity index (χ3n) is 8.62. The van der Waals surface area contributed by atoms with Crippen LogP contribution in [0.3, 0.4) is 0 Å². The van der Waals surface area contributed by atoms with Gasteiger partial charge in [-0.05, 0) is 79.1 Å². The molecule has 2 bridgehead atoms. The van der Waals surface area contributed by atoms with Crippen LogP contribution in [0.4, 0.5) is 20.6 Å². The highest BCUT2D eigenvalue weighted by molar-refractivity contribution is 5.98. The van der Waals surface area contributed by atoms with Crippen molar-refractivity contribution in [2.24, 2.45) is 0 Å². The van der Waals surface area contributed by atoms with Crippen molar-refractivity contribution >= 4 is 34.1 Å². The number of amides is 3. The molecule has 3 aliphatic heterocycles. The van der Waals surface area contributed by atoms with E-state index in [0.29, 0.717) is 31.5 Å². The third kappa shape index (κ3) is 5.23. The number of carbonyl (C=O) groups is 2. The number of urea groups is 1. The summed E-state index contributed by atoms with van der Waals surface area (Å²) in [7, 11) is 0. The highest BCUT2D eigenvalue weighted by atomic mass is 19.1. The van der Waals surface area contributed by atoms with Gasteiger partial charge in [-0.2, -0.15) is 0 Å². The summed E-state index contributed by atoms with van der Waals surface area (Å²) in [6, 6.07) is 16.9. The maximum Gasteiger partial charge on any atom is 0.318 e. The number of likely N-dealkylation sites (tertiary alicyclic amines) is 1. The predicted molar refractivity (Wildman–Crippen MR) is 149 cm³/mol. The largest absolute Gasteiger partial charge is 0.335 e. The van der Waals surface area contributed by atoms with Gasteiger partial charge in [0, 0.05) is 37.3 Å². The minimum atomic E-state index is -0.669. The van der Waals surface area contributed by atoms with Crippen LogP contribution in [0.2, 0.25) is 0 Å². The Morgan fingerprint density at radius 1 is 0.975 bits per heavy atom. The van der Waals surface area contributed by atoms with Gasteiger partial charge in [0.1, 0.15) is 17.5 Å². The number of nitrogens with one attached hydrogen (secondary N) is 2. The molecule has 3 heterocycles. The average Bonchev–Trinajstić information content (AvgIpc) is 3.51. The zero-order chi connectivity index (χ0) is 27.8. The first-order valence-electron chi connectivity index (χ1n) is 13.9. The number of hydrogen-bond donors (Lipinski definition) is 2. The number of nitro benzene ring substituents is 1. The van der Waals surface area contributed by atoms with Crippen molar-refractivity contribution in [1.82, 2.24) is 15.1 Å². The molecule has 3 saturated heterocycles. The van der Waals surface area contributed by atoms with E-state index >= 15 is 0 Å². The first-order valence-corrected chi connectivity index (χ1v) is 13.9. The molecule has 1 unspecified atom stereocenters. The molecule has 4 atom stereocenters. The van der Waals surface area contributed by atoms with E-state index in [1.807, 2.05) is 12.1 Å². The van der Waals surface area contributed by atoms with Crippen LogP contribution in [0.5, 0.6) is 0 Å². The van der Waals surface area contributed by atoms with Crippen molar-refractivity contribution in [3.8, 4) is 0 Å². The lowest BCUT2D eigenvalue weighted by molar-refractivity contribution is -0.383. The first kappa shape index (κ1) is 26.2. The number of para-hydroxylation sites is 2. The molecule has 208 valence electrons. The lowest BCUT2D eigenvalue weighted by Crippen LogP contribution is -2.54. The van der Waals surface area contributed by atoms with Crippen LogP contribution in [0.25, 0.3) is 10.8 Å². The fraction of sp³-hybridized carbons (Fsp3) is 0.400. The smallest absolute Gasteiger partial charge is 0.318 e. The number of anilines is 1. The van der Waals surface area contributed by atoms with Gasteiger partial charge in [0.05, 0.1) is 4.92 Å². The number of rotatable bonds is 6. The molecule has 0 aliphatic carbocycles. The molecule has 0 spiro atoms. The van der Waals surface area contributed by atoms with E-state index in [4.69, 9.17) is 0 Å². The maximum atomic E-state index is 13.6. The quantitative estimate of drug-likeness (QED) is 0.327. The summed E-state index contributed by atoms with van der Waals surface area (Å²) in [5.41, 5.74) is 1.15. The molecule has 3 aromatic carbocycles. The van der Waals surface area contributed by atoms with Crippen molar-refractivity contribution in [3.05, 3.63) is 82.2 Å². The van der Waals surface area contributed by atoms with E-state index in [-0.39, 0.29) is 29.3 Å². The van der Waals surface area contributed by atoms with E-state index in [1.165, 1.54) is 23.8 Å².